The maximum atomic E-state index is 11.5. The van der Waals surface area contributed by atoms with Crippen LogP contribution in [0.3, 0.4) is 0 Å². The molecule has 0 aromatic carbocycles. The third-order valence-electron chi connectivity index (χ3n) is 1.86. The zero-order valence-corrected chi connectivity index (χ0v) is 8.56. The zero-order chi connectivity index (χ0) is 11.1. The Kier molecular flexibility index (Phi) is 4.30. The molecule has 4 nitrogen and oxygen atoms in total. The van der Waals surface area contributed by atoms with E-state index in [2.05, 4.69) is 16.1 Å². The Balaban J connectivity index is 2.55. The molecule has 0 aliphatic heterocycles. The summed E-state index contributed by atoms with van der Waals surface area (Å²) in [5, 5.41) is 7.47. The topological polar surface area (TPSA) is 52.1 Å². The molecule has 0 saturated heterocycles. The first-order chi connectivity index (χ1) is 7.27. The summed E-state index contributed by atoms with van der Waals surface area (Å²) in [5.74, 6) is 2.84. The van der Waals surface area contributed by atoms with E-state index in [9.17, 15) is 4.79 Å². The molecule has 0 unspecified atom stereocenters. The molecular weight excluding hydrogens is 192 g/mol. The molecule has 0 radical (unpaired) electrons. The number of Topliss-reactive ketones (excluding diaryl/α,β-unsaturated/α-hetero) is 1. The molecule has 4 heteroatoms. The van der Waals surface area contributed by atoms with Crippen LogP contribution in [0, 0.1) is 12.3 Å². The molecule has 0 aliphatic carbocycles. The molecule has 0 amide bonds. The largest absolute Gasteiger partial charge is 0.480 e. The van der Waals surface area contributed by atoms with Crippen molar-refractivity contribution in [1.82, 2.24) is 10.2 Å². The van der Waals surface area contributed by atoms with Gasteiger partial charge in [0, 0.05) is 18.9 Å². The minimum Gasteiger partial charge on any atom is -0.480 e. The van der Waals surface area contributed by atoms with E-state index in [0.717, 1.165) is 0 Å². The smallest absolute Gasteiger partial charge is 0.233 e. The van der Waals surface area contributed by atoms with Gasteiger partial charge in [-0.1, -0.05) is 0 Å². The van der Waals surface area contributed by atoms with Crippen LogP contribution in [0.2, 0.25) is 0 Å². The molecule has 1 aromatic rings. The lowest BCUT2D eigenvalue weighted by Crippen LogP contribution is -2.03. The summed E-state index contributed by atoms with van der Waals surface area (Å²) in [6.45, 7) is 0. The second-order valence-corrected chi connectivity index (χ2v) is 2.94. The number of methoxy groups -OCH3 is 1. The van der Waals surface area contributed by atoms with Crippen molar-refractivity contribution in [2.45, 2.75) is 19.3 Å². The first-order valence-electron chi connectivity index (χ1n) is 4.62. The number of carbonyl (C=O) groups excluding carboxylic acids is 1. The van der Waals surface area contributed by atoms with Crippen LogP contribution in [-0.2, 0) is 0 Å². The number of rotatable bonds is 5. The van der Waals surface area contributed by atoms with Crippen molar-refractivity contribution in [3.8, 4) is 18.2 Å². The van der Waals surface area contributed by atoms with Gasteiger partial charge in [0.1, 0.15) is 5.69 Å². The van der Waals surface area contributed by atoms with Crippen molar-refractivity contribution in [1.29, 1.82) is 0 Å². The minimum atomic E-state index is -0.0413. The summed E-state index contributed by atoms with van der Waals surface area (Å²) < 4.78 is 4.84. The van der Waals surface area contributed by atoms with Crippen LogP contribution >= 0.6 is 0 Å². The average molecular weight is 204 g/mol. The second kappa shape index (κ2) is 5.76. The van der Waals surface area contributed by atoms with Crippen LogP contribution in [-0.4, -0.2) is 23.1 Å². The molecule has 0 aliphatic rings. The predicted octanol–water partition coefficient (Wildman–Crippen LogP) is 1.47. The monoisotopic (exact) mass is 204 g/mol. The fraction of sp³-hybridized carbons (Fsp3) is 0.364. The van der Waals surface area contributed by atoms with Crippen LogP contribution in [0.25, 0.3) is 0 Å². The Hall–Kier alpha value is -1.89. The highest BCUT2D eigenvalue weighted by Crippen LogP contribution is 2.07. The first-order valence-corrected chi connectivity index (χ1v) is 4.62. The van der Waals surface area contributed by atoms with E-state index in [1.165, 1.54) is 7.11 Å². The van der Waals surface area contributed by atoms with Crippen LogP contribution in [0.1, 0.15) is 29.8 Å². The van der Waals surface area contributed by atoms with Crippen LogP contribution in [0.15, 0.2) is 12.1 Å². The molecule has 78 valence electrons. The zero-order valence-electron chi connectivity index (χ0n) is 8.56. The van der Waals surface area contributed by atoms with Crippen molar-refractivity contribution >= 4 is 5.78 Å². The van der Waals surface area contributed by atoms with Crippen molar-refractivity contribution in [3.63, 3.8) is 0 Å². The summed E-state index contributed by atoms with van der Waals surface area (Å²) in [4.78, 5) is 11.5. The third-order valence-corrected chi connectivity index (χ3v) is 1.86. The highest BCUT2D eigenvalue weighted by molar-refractivity contribution is 5.93. The predicted molar refractivity (Wildman–Crippen MR) is 55.6 cm³/mol. The van der Waals surface area contributed by atoms with Crippen LogP contribution in [0.4, 0.5) is 0 Å². The first kappa shape index (κ1) is 11.2. The quantitative estimate of drug-likeness (QED) is 0.414. The number of ether oxygens (including phenoxy) is 1. The molecule has 15 heavy (non-hydrogen) atoms. The lowest BCUT2D eigenvalue weighted by Gasteiger charge is -1.99. The van der Waals surface area contributed by atoms with E-state index in [1.807, 2.05) is 0 Å². The van der Waals surface area contributed by atoms with Crippen molar-refractivity contribution in [2.24, 2.45) is 0 Å². The molecule has 0 bridgehead atoms. The number of terminal acetylenes is 1. The number of ketones is 1. The minimum absolute atomic E-state index is 0.0413. The fourth-order valence-corrected chi connectivity index (χ4v) is 1.06. The van der Waals surface area contributed by atoms with Gasteiger partial charge in [0.25, 0.3) is 0 Å². The lowest BCUT2D eigenvalue weighted by molar-refractivity contribution is 0.0974. The van der Waals surface area contributed by atoms with Gasteiger partial charge in [-0.2, -0.15) is 0 Å². The normalized spacial score (nSPS) is 9.33. The molecule has 1 rings (SSSR count). The van der Waals surface area contributed by atoms with Gasteiger partial charge in [0.2, 0.25) is 5.88 Å². The number of hydrogen-bond donors (Lipinski definition) is 0. The lowest BCUT2D eigenvalue weighted by atomic mass is 10.1. The van der Waals surface area contributed by atoms with E-state index < -0.39 is 0 Å². The summed E-state index contributed by atoms with van der Waals surface area (Å²) in [5.41, 5.74) is 0.354. The maximum absolute atomic E-state index is 11.5. The van der Waals surface area contributed by atoms with Gasteiger partial charge in [0.05, 0.1) is 7.11 Å². The maximum Gasteiger partial charge on any atom is 0.233 e. The van der Waals surface area contributed by atoms with E-state index in [4.69, 9.17) is 11.2 Å². The van der Waals surface area contributed by atoms with Crippen LogP contribution < -0.4 is 4.74 Å². The number of unbranched alkanes of at least 4 members (excludes halogenated alkanes) is 1. The molecular formula is C11H12N2O2. The number of nitrogens with zero attached hydrogens (tertiary/aromatic N) is 2. The molecule has 1 aromatic heterocycles. The van der Waals surface area contributed by atoms with Gasteiger partial charge < -0.3 is 4.74 Å². The molecule has 0 saturated carbocycles. The van der Waals surface area contributed by atoms with Gasteiger partial charge in [-0.25, -0.2) is 0 Å². The molecule has 0 fully saturated rings. The summed E-state index contributed by atoms with van der Waals surface area (Å²) >= 11 is 0. The molecule has 0 N–H and O–H groups in total. The highest BCUT2D eigenvalue weighted by Gasteiger charge is 2.07. The van der Waals surface area contributed by atoms with E-state index in [0.29, 0.717) is 30.8 Å². The Morgan fingerprint density at radius 2 is 2.33 bits per heavy atom. The Morgan fingerprint density at radius 3 is 2.87 bits per heavy atom. The highest BCUT2D eigenvalue weighted by atomic mass is 16.5. The number of aromatic nitrogens is 2. The SMILES string of the molecule is C#CCCCC(=O)c1ccc(OC)nn1. The second-order valence-electron chi connectivity index (χ2n) is 2.94. The van der Waals surface area contributed by atoms with Crippen molar-refractivity contribution < 1.29 is 9.53 Å². The molecule has 1 heterocycles. The fourth-order valence-electron chi connectivity index (χ4n) is 1.06. The van der Waals surface area contributed by atoms with Gasteiger partial charge in [-0.05, 0) is 12.5 Å². The van der Waals surface area contributed by atoms with Gasteiger partial charge >= 0.3 is 0 Å². The number of carbonyl (C=O) groups is 1. The molecule has 0 spiro atoms. The van der Waals surface area contributed by atoms with Gasteiger partial charge in [-0.15, -0.1) is 22.5 Å². The third kappa shape index (κ3) is 3.39. The van der Waals surface area contributed by atoms with Crippen LogP contribution in [0.5, 0.6) is 5.88 Å². The summed E-state index contributed by atoms with van der Waals surface area (Å²) in [6, 6.07) is 3.21. The van der Waals surface area contributed by atoms with Gasteiger partial charge in [0.15, 0.2) is 5.78 Å². The average Bonchev–Trinajstić information content (AvgIpc) is 2.29. The summed E-state index contributed by atoms with van der Waals surface area (Å²) in [6.07, 6.45) is 6.78. The van der Waals surface area contributed by atoms with Crippen molar-refractivity contribution in [2.75, 3.05) is 7.11 Å². The van der Waals surface area contributed by atoms with E-state index >= 15 is 0 Å². The van der Waals surface area contributed by atoms with E-state index in [1.54, 1.807) is 12.1 Å². The van der Waals surface area contributed by atoms with Crippen molar-refractivity contribution in [3.05, 3.63) is 17.8 Å². The molecule has 0 atom stereocenters. The van der Waals surface area contributed by atoms with Gasteiger partial charge in [-0.3, -0.25) is 4.79 Å². The Morgan fingerprint density at radius 1 is 1.53 bits per heavy atom. The number of hydrogen-bond acceptors (Lipinski definition) is 4. The Bertz CT molecular complexity index is 365. The Labute approximate surface area is 88.7 Å². The van der Waals surface area contributed by atoms with E-state index in [-0.39, 0.29) is 5.78 Å². The summed E-state index contributed by atoms with van der Waals surface area (Å²) in [7, 11) is 1.50. The standard InChI is InChI=1S/C11H12N2O2/c1-3-4-5-6-10(14)9-7-8-11(15-2)13-12-9/h1,7-8H,4-6H2,2H3.